The van der Waals surface area contributed by atoms with Gasteiger partial charge in [0.15, 0.2) is 0 Å². The minimum atomic E-state index is -3.66. The second-order valence-electron chi connectivity index (χ2n) is 8.74. The number of pyridine rings is 1. The average molecular weight is 394 g/mol. The van der Waals surface area contributed by atoms with Gasteiger partial charge < -0.3 is 10.5 Å². The van der Waals surface area contributed by atoms with Gasteiger partial charge in [-0.25, -0.2) is 17.7 Å². The Morgan fingerprint density at radius 3 is 2.89 bits per heavy atom. The number of rotatable bonds is 4. The van der Waals surface area contributed by atoms with E-state index in [0.29, 0.717) is 17.4 Å². The highest BCUT2D eigenvalue weighted by Crippen LogP contribution is 2.70. The maximum atomic E-state index is 13.2. The zero-order chi connectivity index (χ0) is 19.6. The summed E-state index contributed by atoms with van der Waals surface area (Å²) < 4.78 is 32.3. The average Bonchev–Trinajstić information content (AvgIpc) is 3.09. The van der Waals surface area contributed by atoms with E-state index in [0.717, 1.165) is 23.6 Å². The standard InChI is InChI=1S/C19H27N3O4S/c1-18(2)13-6-7-19(18)11-27(24,25)22(15(19)10-13)17(23)14(20)9-12-5-4-8-21-16(12)26-3/h4-5,8,13-15H,6-7,9-11,20H2,1-3H3/t13-,14-,15-,19-/m0/s1. The van der Waals surface area contributed by atoms with E-state index in [4.69, 9.17) is 10.5 Å². The zero-order valence-electron chi connectivity index (χ0n) is 16.0. The molecule has 148 valence electrons. The van der Waals surface area contributed by atoms with Crippen LogP contribution in [0.3, 0.4) is 0 Å². The van der Waals surface area contributed by atoms with Crippen LogP contribution in [0.4, 0.5) is 0 Å². The maximum Gasteiger partial charge on any atom is 0.253 e. The minimum Gasteiger partial charge on any atom is -0.481 e. The van der Waals surface area contributed by atoms with E-state index in [1.54, 1.807) is 18.3 Å². The molecule has 1 spiro atoms. The van der Waals surface area contributed by atoms with Crippen molar-refractivity contribution in [2.75, 3.05) is 12.9 Å². The molecule has 7 nitrogen and oxygen atoms in total. The third-order valence-corrected chi connectivity index (χ3v) is 9.34. The molecule has 1 amide bonds. The minimum absolute atomic E-state index is 0.0584. The number of methoxy groups -OCH3 is 1. The molecule has 0 aromatic carbocycles. The molecule has 4 rings (SSSR count). The van der Waals surface area contributed by atoms with Crippen molar-refractivity contribution in [3.63, 3.8) is 0 Å². The van der Waals surface area contributed by atoms with Crippen molar-refractivity contribution < 1.29 is 17.9 Å². The van der Waals surface area contributed by atoms with Gasteiger partial charge in [-0.1, -0.05) is 19.9 Å². The highest BCUT2D eigenvalue weighted by atomic mass is 32.2. The third-order valence-electron chi connectivity index (χ3n) is 7.43. The first-order valence-corrected chi connectivity index (χ1v) is 11.0. The van der Waals surface area contributed by atoms with E-state index in [1.807, 2.05) is 0 Å². The molecule has 4 atom stereocenters. The fourth-order valence-corrected chi connectivity index (χ4v) is 8.41. The molecule has 1 aromatic rings. The van der Waals surface area contributed by atoms with Crippen LogP contribution in [0, 0.1) is 16.7 Å². The van der Waals surface area contributed by atoms with E-state index < -0.39 is 22.0 Å². The molecule has 3 fully saturated rings. The van der Waals surface area contributed by atoms with Gasteiger partial charge in [-0.15, -0.1) is 0 Å². The molecular formula is C19H27N3O4S. The molecule has 3 aliphatic rings. The first-order valence-electron chi connectivity index (χ1n) is 9.43. The predicted molar refractivity (Wildman–Crippen MR) is 100 cm³/mol. The van der Waals surface area contributed by atoms with Crippen molar-refractivity contribution in [1.29, 1.82) is 0 Å². The van der Waals surface area contributed by atoms with Crippen LogP contribution in [0.5, 0.6) is 5.88 Å². The van der Waals surface area contributed by atoms with Crippen molar-refractivity contribution in [3.05, 3.63) is 23.9 Å². The van der Waals surface area contributed by atoms with Crippen LogP contribution in [0.2, 0.25) is 0 Å². The molecule has 27 heavy (non-hydrogen) atoms. The molecule has 0 unspecified atom stereocenters. The lowest BCUT2D eigenvalue weighted by Gasteiger charge is -2.37. The Balaban J connectivity index is 1.62. The summed E-state index contributed by atoms with van der Waals surface area (Å²) in [7, 11) is -2.15. The Morgan fingerprint density at radius 1 is 1.48 bits per heavy atom. The number of nitrogens with zero attached hydrogens (tertiary/aromatic N) is 2. The maximum absolute atomic E-state index is 13.2. The summed E-state index contributed by atoms with van der Waals surface area (Å²) in [5.74, 6) is 0.416. The lowest BCUT2D eigenvalue weighted by atomic mass is 9.69. The molecule has 1 saturated heterocycles. The fourth-order valence-electron chi connectivity index (χ4n) is 5.83. The number of ether oxygens (including phenoxy) is 1. The summed E-state index contributed by atoms with van der Waals surface area (Å²) in [5, 5.41) is 0. The van der Waals surface area contributed by atoms with E-state index in [-0.39, 0.29) is 29.0 Å². The molecular weight excluding hydrogens is 366 g/mol. The summed E-state index contributed by atoms with van der Waals surface area (Å²) in [4.78, 5) is 17.3. The Bertz CT molecular complexity index is 885. The quantitative estimate of drug-likeness (QED) is 0.828. The van der Waals surface area contributed by atoms with Gasteiger partial charge in [-0.3, -0.25) is 4.79 Å². The normalized spacial score (nSPS) is 33.7. The molecule has 2 saturated carbocycles. The molecule has 8 heteroatoms. The van der Waals surface area contributed by atoms with Crippen LogP contribution in [0.1, 0.15) is 38.7 Å². The van der Waals surface area contributed by atoms with Gasteiger partial charge >= 0.3 is 0 Å². The molecule has 2 N–H and O–H groups in total. The Kier molecular flexibility index (Phi) is 4.09. The van der Waals surface area contributed by atoms with Gasteiger partial charge in [0.1, 0.15) is 0 Å². The van der Waals surface area contributed by atoms with E-state index in [2.05, 4.69) is 18.8 Å². The van der Waals surface area contributed by atoms with Gasteiger partial charge in [-0.05, 0) is 36.7 Å². The number of hydrogen-bond donors (Lipinski definition) is 1. The zero-order valence-corrected chi connectivity index (χ0v) is 16.8. The van der Waals surface area contributed by atoms with Crippen LogP contribution >= 0.6 is 0 Å². The van der Waals surface area contributed by atoms with Gasteiger partial charge in [-0.2, -0.15) is 0 Å². The van der Waals surface area contributed by atoms with Crippen molar-refractivity contribution in [3.8, 4) is 5.88 Å². The van der Waals surface area contributed by atoms with E-state index in [1.165, 1.54) is 7.11 Å². The topological polar surface area (TPSA) is 103 Å². The summed E-state index contributed by atoms with van der Waals surface area (Å²) in [6.07, 6.45) is 4.45. The van der Waals surface area contributed by atoms with Crippen molar-refractivity contribution in [1.82, 2.24) is 9.29 Å². The summed E-state index contributed by atoms with van der Waals surface area (Å²) in [5.41, 5.74) is 6.47. The second-order valence-corrected chi connectivity index (χ2v) is 10.6. The van der Waals surface area contributed by atoms with Gasteiger partial charge in [0.25, 0.3) is 5.91 Å². The van der Waals surface area contributed by atoms with Crippen LogP contribution < -0.4 is 10.5 Å². The summed E-state index contributed by atoms with van der Waals surface area (Å²) >= 11 is 0. The SMILES string of the molecule is COc1ncccc1C[C@H](N)C(=O)N1[C@H]2C[C@@H]3CC[C@@]2(CS1(=O)=O)C3(C)C. The van der Waals surface area contributed by atoms with E-state index >= 15 is 0 Å². The van der Waals surface area contributed by atoms with Crippen LogP contribution in [0.25, 0.3) is 0 Å². The Morgan fingerprint density at radius 2 is 2.22 bits per heavy atom. The van der Waals surface area contributed by atoms with Crippen molar-refractivity contribution >= 4 is 15.9 Å². The lowest BCUT2D eigenvalue weighted by molar-refractivity contribution is -0.130. The van der Waals surface area contributed by atoms with Crippen molar-refractivity contribution in [2.24, 2.45) is 22.5 Å². The molecule has 2 aliphatic carbocycles. The lowest BCUT2D eigenvalue weighted by Crippen LogP contribution is -2.50. The number of nitrogens with two attached hydrogens (primary N) is 1. The second kappa shape index (κ2) is 5.91. The Labute approximate surface area is 160 Å². The van der Waals surface area contributed by atoms with E-state index in [9.17, 15) is 13.2 Å². The Hall–Kier alpha value is -1.67. The van der Waals surface area contributed by atoms with Crippen molar-refractivity contribution in [2.45, 2.75) is 51.6 Å². The number of fused-ring (bicyclic) bond motifs is 1. The molecule has 1 aliphatic heterocycles. The molecule has 2 heterocycles. The largest absolute Gasteiger partial charge is 0.481 e. The number of amides is 1. The third kappa shape index (κ3) is 2.45. The number of aromatic nitrogens is 1. The van der Waals surface area contributed by atoms with Gasteiger partial charge in [0.05, 0.1) is 24.9 Å². The molecule has 0 radical (unpaired) electrons. The van der Waals surface area contributed by atoms with Crippen LogP contribution in [0.15, 0.2) is 18.3 Å². The first-order chi connectivity index (χ1) is 12.6. The number of hydrogen-bond acceptors (Lipinski definition) is 6. The van der Waals surface area contributed by atoms with Gasteiger partial charge in [0, 0.05) is 23.6 Å². The first kappa shape index (κ1) is 18.7. The fraction of sp³-hybridized carbons (Fsp3) is 0.684. The van der Waals surface area contributed by atoms with Crippen LogP contribution in [-0.4, -0.2) is 48.6 Å². The number of carbonyl (C=O) groups excluding carboxylic acids is 1. The van der Waals surface area contributed by atoms with Gasteiger partial charge in [0.2, 0.25) is 15.9 Å². The smallest absolute Gasteiger partial charge is 0.253 e. The predicted octanol–water partition coefficient (Wildman–Crippen LogP) is 1.33. The molecule has 1 aromatic heterocycles. The highest BCUT2D eigenvalue weighted by molar-refractivity contribution is 7.90. The molecule has 2 bridgehead atoms. The van der Waals surface area contributed by atoms with Crippen LogP contribution in [-0.2, 0) is 21.2 Å². The highest BCUT2D eigenvalue weighted by Gasteiger charge is 2.72. The number of carbonyl (C=O) groups is 1. The summed E-state index contributed by atoms with van der Waals surface area (Å²) in [6, 6.07) is 2.33. The number of sulfonamides is 1. The summed E-state index contributed by atoms with van der Waals surface area (Å²) in [6.45, 7) is 4.32. The monoisotopic (exact) mass is 393 g/mol.